The van der Waals surface area contributed by atoms with E-state index in [0.29, 0.717) is 0 Å². The average molecular weight is 249 g/mol. The van der Waals surface area contributed by atoms with Gasteiger partial charge in [-0.3, -0.25) is 4.98 Å². The van der Waals surface area contributed by atoms with Gasteiger partial charge in [0.25, 0.3) is 0 Å². The summed E-state index contributed by atoms with van der Waals surface area (Å²) in [6, 6.07) is 4.15. The molecule has 1 N–H and O–H groups in total. The summed E-state index contributed by atoms with van der Waals surface area (Å²) in [5, 5.41) is 10.7. The maximum absolute atomic E-state index is 10.7. The van der Waals surface area contributed by atoms with Gasteiger partial charge in [0.15, 0.2) is 0 Å². The smallest absolute Gasteiger partial charge is 0.0767 e. The second-order valence-corrected chi connectivity index (χ2v) is 7.03. The van der Waals surface area contributed by atoms with E-state index in [-0.39, 0.29) is 16.8 Å². The number of rotatable bonds is 2. The van der Waals surface area contributed by atoms with Crippen molar-refractivity contribution in [2.45, 2.75) is 49.4 Å². The molecule has 1 aliphatic heterocycles. The molecule has 1 aromatic rings. The molecule has 2 heterocycles. The van der Waals surface area contributed by atoms with Crippen LogP contribution in [0.1, 0.15) is 43.4 Å². The van der Waals surface area contributed by atoms with Crippen LogP contribution in [0.3, 0.4) is 0 Å². The number of nitrogens with zero attached hydrogens (tertiary/aromatic N) is 1. The summed E-state index contributed by atoms with van der Waals surface area (Å²) in [6.45, 7) is 2.22. The van der Waals surface area contributed by atoms with Crippen LogP contribution in [-0.4, -0.2) is 26.7 Å². The predicted octanol–water partition coefficient (Wildman–Crippen LogP) is 2.76. The second kappa shape index (κ2) is 4.29. The van der Waals surface area contributed by atoms with Crippen molar-refractivity contribution in [1.29, 1.82) is 0 Å². The van der Waals surface area contributed by atoms with Gasteiger partial charge < -0.3 is 5.11 Å². The van der Waals surface area contributed by atoms with Crippen molar-refractivity contribution in [2.75, 3.05) is 5.75 Å². The number of fused-ring (bicyclic) bond motifs is 1. The zero-order valence-electron chi connectivity index (χ0n) is 10.2. The molecular weight excluding hydrogens is 230 g/mol. The predicted molar refractivity (Wildman–Crippen MR) is 71.4 cm³/mol. The molecule has 2 aliphatic rings. The maximum Gasteiger partial charge on any atom is 0.0767 e. The molecule has 1 aromatic heterocycles. The monoisotopic (exact) mass is 249 g/mol. The Balaban J connectivity index is 1.86. The lowest BCUT2D eigenvalue weighted by Crippen LogP contribution is -2.38. The van der Waals surface area contributed by atoms with Crippen molar-refractivity contribution < 1.29 is 5.11 Å². The molecule has 0 saturated carbocycles. The number of aliphatic hydroxyl groups excluding tert-OH is 1. The fraction of sp³-hybridized carbons (Fsp3) is 0.643. The van der Waals surface area contributed by atoms with Gasteiger partial charge in [0.05, 0.1) is 6.10 Å². The minimum atomic E-state index is -0.244. The molecule has 3 rings (SSSR count). The molecule has 3 heteroatoms. The Kier molecular flexibility index (Phi) is 2.91. The highest BCUT2D eigenvalue weighted by Crippen LogP contribution is 2.47. The molecule has 0 spiro atoms. The van der Waals surface area contributed by atoms with Crippen molar-refractivity contribution in [1.82, 2.24) is 4.98 Å². The van der Waals surface area contributed by atoms with Gasteiger partial charge in [0.1, 0.15) is 0 Å². The van der Waals surface area contributed by atoms with E-state index in [0.717, 1.165) is 25.0 Å². The maximum atomic E-state index is 10.7. The molecule has 0 bridgehead atoms. The van der Waals surface area contributed by atoms with Gasteiger partial charge in [-0.2, -0.15) is 11.8 Å². The Morgan fingerprint density at radius 3 is 3.24 bits per heavy atom. The van der Waals surface area contributed by atoms with E-state index in [1.807, 2.05) is 24.0 Å². The molecule has 92 valence electrons. The van der Waals surface area contributed by atoms with Crippen LogP contribution in [0, 0.1) is 0 Å². The summed E-state index contributed by atoms with van der Waals surface area (Å²) in [5.41, 5.74) is 2.48. The Morgan fingerprint density at radius 1 is 1.59 bits per heavy atom. The molecule has 0 aromatic carbocycles. The Hall–Kier alpha value is -0.540. The van der Waals surface area contributed by atoms with Crippen LogP contribution in [0.5, 0.6) is 0 Å². The zero-order valence-corrected chi connectivity index (χ0v) is 11.0. The molecule has 1 fully saturated rings. The standard InChI is InChI=1S/C14H19NOS/c1-14(7-3-9-17-14)13(16)11-6-5-10-4-2-8-15-12(10)11/h2,4,8,11,13,16H,3,5-7,9H2,1H3. The van der Waals surface area contributed by atoms with Gasteiger partial charge in [-0.25, -0.2) is 0 Å². The molecule has 1 aliphatic carbocycles. The zero-order chi connectivity index (χ0) is 11.9. The van der Waals surface area contributed by atoms with Gasteiger partial charge in [-0.05, 0) is 50.0 Å². The van der Waals surface area contributed by atoms with Crippen molar-refractivity contribution in [3.63, 3.8) is 0 Å². The summed E-state index contributed by atoms with van der Waals surface area (Å²) in [7, 11) is 0. The summed E-state index contributed by atoms with van der Waals surface area (Å²) in [5.74, 6) is 1.44. The average Bonchev–Trinajstić information content (AvgIpc) is 2.95. The SMILES string of the molecule is CC1(C(O)C2CCc3cccnc32)CCCS1. The number of aromatic nitrogens is 1. The summed E-state index contributed by atoms with van der Waals surface area (Å²) >= 11 is 1.94. The van der Waals surface area contributed by atoms with Gasteiger partial charge in [-0.15, -0.1) is 0 Å². The first-order valence-corrected chi connectivity index (χ1v) is 7.45. The highest BCUT2D eigenvalue weighted by molar-refractivity contribution is 8.00. The van der Waals surface area contributed by atoms with Gasteiger partial charge in [-0.1, -0.05) is 6.07 Å². The first kappa shape index (κ1) is 11.5. The number of hydrogen-bond donors (Lipinski definition) is 1. The van der Waals surface area contributed by atoms with Gasteiger partial charge >= 0.3 is 0 Å². The fourth-order valence-corrected chi connectivity index (χ4v) is 4.59. The van der Waals surface area contributed by atoms with E-state index in [4.69, 9.17) is 0 Å². The third-order valence-corrected chi connectivity index (χ3v) is 5.86. The highest BCUT2D eigenvalue weighted by Gasteiger charge is 2.43. The summed E-state index contributed by atoms with van der Waals surface area (Å²) in [6.07, 6.45) is 6.12. The number of hydrogen-bond acceptors (Lipinski definition) is 3. The lowest BCUT2D eigenvalue weighted by atomic mass is 9.87. The molecule has 0 amide bonds. The van der Waals surface area contributed by atoms with Crippen LogP contribution in [-0.2, 0) is 6.42 Å². The van der Waals surface area contributed by atoms with Crippen LogP contribution >= 0.6 is 11.8 Å². The first-order chi connectivity index (χ1) is 8.21. The van der Waals surface area contributed by atoms with Crippen molar-refractivity contribution >= 4 is 11.8 Å². The number of aliphatic hydroxyl groups is 1. The minimum absolute atomic E-state index is 0.0454. The number of aryl methyl sites for hydroxylation is 1. The van der Waals surface area contributed by atoms with Crippen LogP contribution < -0.4 is 0 Å². The van der Waals surface area contributed by atoms with Crippen LogP contribution in [0.2, 0.25) is 0 Å². The lowest BCUT2D eigenvalue weighted by Gasteiger charge is -2.33. The summed E-state index contributed by atoms with van der Waals surface area (Å²) in [4.78, 5) is 4.50. The Labute approximate surface area is 107 Å². The van der Waals surface area contributed by atoms with E-state index in [1.165, 1.54) is 17.7 Å². The minimum Gasteiger partial charge on any atom is -0.391 e. The fourth-order valence-electron chi connectivity index (χ4n) is 3.21. The second-order valence-electron chi connectivity index (χ2n) is 5.40. The van der Waals surface area contributed by atoms with E-state index in [9.17, 15) is 5.11 Å². The van der Waals surface area contributed by atoms with Crippen LogP contribution in [0.4, 0.5) is 0 Å². The third-order valence-electron chi connectivity index (χ3n) is 4.26. The van der Waals surface area contributed by atoms with E-state index in [2.05, 4.69) is 18.0 Å². The van der Waals surface area contributed by atoms with Crippen molar-refractivity contribution in [3.8, 4) is 0 Å². The molecule has 3 unspecified atom stereocenters. The molecular formula is C14H19NOS. The first-order valence-electron chi connectivity index (χ1n) is 6.46. The normalized spacial score (nSPS) is 33.6. The largest absolute Gasteiger partial charge is 0.391 e. The van der Waals surface area contributed by atoms with E-state index >= 15 is 0 Å². The Morgan fingerprint density at radius 2 is 2.47 bits per heavy atom. The van der Waals surface area contributed by atoms with Crippen LogP contribution in [0.15, 0.2) is 18.3 Å². The third kappa shape index (κ3) is 1.89. The van der Waals surface area contributed by atoms with Gasteiger partial charge in [0.2, 0.25) is 0 Å². The molecule has 1 saturated heterocycles. The quantitative estimate of drug-likeness (QED) is 0.875. The van der Waals surface area contributed by atoms with Crippen molar-refractivity contribution in [2.24, 2.45) is 0 Å². The van der Waals surface area contributed by atoms with E-state index < -0.39 is 0 Å². The number of pyridine rings is 1. The molecule has 3 atom stereocenters. The molecule has 2 nitrogen and oxygen atoms in total. The highest BCUT2D eigenvalue weighted by atomic mass is 32.2. The topological polar surface area (TPSA) is 33.1 Å². The van der Waals surface area contributed by atoms with Crippen molar-refractivity contribution in [3.05, 3.63) is 29.6 Å². The number of thioether (sulfide) groups is 1. The summed E-state index contributed by atoms with van der Waals surface area (Å²) < 4.78 is 0.0454. The van der Waals surface area contributed by atoms with E-state index in [1.54, 1.807) is 0 Å². The molecule has 17 heavy (non-hydrogen) atoms. The van der Waals surface area contributed by atoms with Gasteiger partial charge in [0, 0.05) is 22.6 Å². The Bertz CT molecular complexity index is 414. The van der Waals surface area contributed by atoms with Crippen LogP contribution in [0.25, 0.3) is 0 Å². The molecule has 0 radical (unpaired) electrons. The lowest BCUT2D eigenvalue weighted by molar-refractivity contribution is 0.103.